The maximum atomic E-state index is 11.3. The minimum absolute atomic E-state index is 0.153. The Balaban J connectivity index is 2.55. The molecule has 6 nitrogen and oxygen atoms in total. The molecule has 0 aromatic carbocycles. The number of hydrogen-bond donors (Lipinski definition) is 1. The van der Waals surface area contributed by atoms with E-state index >= 15 is 0 Å². The number of nitro groups is 1. The predicted molar refractivity (Wildman–Crippen MR) is 67.5 cm³/mol. The molecule has 0 aliphatic rings. The number of aryl methyl sites for hydroxylation is 1. The van der Waals surface area contributed by atoms with Crippen LogP contribution in [0.1, 0.15) is 25.7 Å². The van der Waals surface area contributed by atoms with Gasteiger partial charge in [-0.25, -0.2) is 4.79 Å². The van der Waals surface area contributed by atoms with Crippen LogP contribution in [0.4, 0.5) is 5.69 Å². The second kappa shape index (κ2) is 7.05. The van der Waals surface area contributed by atoms with E-state index in [0.29, 0.717) is 6.54 Å². The first kappa shape index (κ1) is 13.7. The van der Waals surface area contributed by atoms with Gasteiger partial charge in [-0.2, -0.15) is 17.6 Å². The lowest BCUT2D eigenvalue weighted by Crippen LogP contribution is -2.22. The molecule has 1 heterocycles. The average molecular weight is 257 g/mol. The summed E-state index contributed by atoms with van der Waals surface area (Å²) in [7, 11) is 0. The molecule has 1 aromatic rings. The Hall–Kier alpha value is -1.37. The van der Waals surface area contributed by atoms with E-state index in [-0.39, 0.29) is 5.69 Å². The van der Waals surface area contributed by atoms with Gasteiger partial charge in [-0.15, -0.1) is 0 Å². The largest absolute Gasteiger partial charge is 0.347 e. The third-order valence-corrected chi connectivity index (χ3v) is 2.68. The first-order valence-electron chi connectivity index (χ1n) is 5.47. The molecular weight excluding hydrogens is 242 g/mol. The number of nitrogens with zero attached hydrogens (tertiary/aromatic N) is 3. The number of rotatable bonds is 7. The SMILES string of the molecule is O=c1ncc([N+](=O)[O-])cn1CCCCCCS. The molecule has 0 radical (unpaired) electrons. The quantitative estimate of drug-likeness (QED) is 0.348. The Bertz CT molecular complexity index is 433. The van der Waals surface area contributed by atoms with Gasteiger partial charge >= 0.3 is 11.4 Å². The van der Waals surface area contributed by atoms with E-state index in [1.807, 2.05) is 0 Å². The highest BCUT2D eigenvalue weighted by Crippen LogP contribution is 2.06. The molecule has 0 aliphatic carbocycles. The summed E-state index contributed by atoms with van der Waals surface area (Å²) >= 11 is 4.10. The zero-order chi connectivity index (χ0) is 12.7. The molecule has 0 spiro atoms. The summed E-state index contributed by atoms with van der Waals surface area (Å²) in [5, 5.41) is 10.5. The number of hydrogen-bond acceptors (Lipinski definition) is 5. The highest BCUT2D eigenvalue weighted by Gasteiger charge is 2.08. The topological polar surface area (TPSA) is 78.0 Å². The van der Waals surface area contributed by atoms with E-state index in [9.17, 15) is 14.9 Å². The summed E-state index contributed by atoms with van der Waals surface area (Å²) in [4.78, 5) is 24.8. The summed E-state index contributed by atoms with van der Waals surface area (Å²) < 4.78 is 1.29. The van der Waals surface area contributed by atoms with Crippen LogP contribution in [-0.4, -0.2) is 20.2 Å². The zero-order valence-corrected chi connectivity index (χ0v) is 10.3. The maximum Gasteiger partial charge on any atom is 0.347 e. The van der Waals surface area contributed by atoms with Crippen LogP contribution in [0, 0.1) is 10.1 Å². The Morgan fingerprint density at radius 2 is 2.06 bits per heavy atom. The van der Waals surface area contributed by atoms with Crippen LogP contribution >= 0.6 is 12.6 Å². The highest BCUT2D eigenvalue weighted by atomic mass is 32.1. The molecule has 94 valence electrons. The van der Waals surface area contributed by atoms with Gasteiger partial charge in [-0.05, 0) is 18.6 Å². The summed E-state index contributed by atoms with van der Waals surface area (Å²) in [5.41, 5.74) is -0.593. The van der Waals surface area contributed by atoms with Crippen molar-refractivity contribution in [3.63, 3.8) is 0 Å². The van der Waals surface area contributed by atoms with Crippen molar-refractivity contribution in [3.05, 3.63) is 33.0 Å². The van der Waals surface area contributed by atoms with Gasteiger partial charge in [-0.1, -0.05) is 12.8 Å². The molecule has 1 rings (SSSR count). The summed E-state index contributed by atoms with van der Waals surface area (Å²) in [5.74, 6) is 0.859. The number of thiol groups is 1. The second-order valence-corrected chi connectivity index (χ2v) is 4.13. The molecule has 0 aliphatic heterocycles. The van der Waals surface area contributed by atoms with Gasteiger partial charge in [0.15, 0.2) is 0 Å². The molecule has 7 heteroatoms. The summed E-state index contributed by atoms with van der Waals surface area (Å²) in [6.45, 7) is 0.472. The van der Waals surface area contributed by atoms with Crippen LogP contribution < -0.4 is 5.69 Å². The Morgan fingerprint density at radius 3 is 2.71 bits per heavy atom. The van der Waals surface area contributed by atoms with Crippen molar-refractivity contribution in [1.82, 2.24) is 9.55 Å². The smallest absolute Gasteiger partial charge is 0.292 e. The van der Waals surface area contributed by atoms with Crippen molar-refractivity contribution in [2.45, 2.75) is 32.2 Å². The lowest BCUT2D eigenvalue weighted by Gasteiger charge is -2.03. The Morgan fingerprint density at radius 1 is 1.35 bits per heavy atom. The monoisotopic (exact) mass is 257 g/mol. The molecule has 0 saturated heterocycles. The fourth-order valence-electron chi connectivity index (χ4n) is 1.45. The highest BCUT2D eigenvalue weighted by molar-refractivity contribution is 7.80. The Kier molecular flexibility index (Phi) is 5.68. The van der Waals surface area contributed by atoms with E-state index in [4.69, 9.17) is 0 Å². The minimum atomic E-state index is -0.552. The second-order valence-electron chi connectivity index (χ2n) is 3.68. The molecular formula is C10H15N3O3S. The molecule has 0 fully saturated rings. The summed E-state index contributed by atoms with van der Waals surface area (Å²) in [6.07, 6.45) is 6.13. The van der Waals surface area contributed by atoms with Crippen molar-refractivity contribution in [3.8, 4) is 0 Å². The predicted octanol–water partition coefficient (Wildman–Crippen LogP) is 1.64. The molecule has 0 atom stereocenters. The van der Waals surface area contributed by atoms with Gasteiger partial charge in [0, 0.05) is 6.54 Å². The van der Waals surface area contributed by atoms with Crippen LogP contribution in [0.2, 0.25) is 0 Å². The van der Waals surface area contributed by atoms with Gasteiger partial charge < -0.3 is 0 Å². The number of unbranched alkanes of at least 4 members (excludes halogenated alkanes) is 3. The van der Waals surface area contributed by atoms with Crippen LogP contribution in [0.15, 0.2) is 17.2 Å². The zero-order valence-electron chi connectivity index (χ0n) is 9.41. The third kappa shape index (κ3) is 4.56. The lowest BCUT2D eigenvalue weighted by atomic mass is 10.2. The van der Waals surface area contributed by atoms with E-state index in [1.54, 1.807) is 0 Å². The minimum Gasteiger partial charge on any atom is -0.292 e. The van der Waals surface area contributed by atoms with Gasteiger partial charge in [0.2, 0.25) is 0 Å². The van der Waals surface area contributed by atoms with E-state index in [1.165, 1.54) is 10.8 Å². The molecule has 0 bridgehead atoms. The standard InChI is InChI=1S/C10H15N3O3S/c14-10-11-7-9(13(15)16)8-12(10)5-3-1-2-4-6-17/h7-8,17H,1-6H2. The van der Waals surface area contributed by atoms with Crippen LogP contribution in [0.25, 0.3) is 0 Å². The van der Waals surface area contributed by atoms with E-state index < -0.39 is 10.6 Å². The van der Waals surface area contributed by atoms with Gasteiger partial charge in [0.25, 0.3) is 0 Å². The molecule has 0 amide bonds. The van der Waals surface area contributed by atoms with Crippen molar-refractivity contribution in [1.29, 1.82) is 0 Å². The summed E-state index contributed by atoms with van der Waals surface area (Å²) in [6, 6.07) is 0. The van der Waals surface area contributed by atoms with E-state index in [0.717, 1.165) is 37.6 Å². The molecule has 1 aromatic heterocycles. The van der Waals surface area contributed by atoms with Gasteiger partial charge in [0.05, 0.1) is 11.1 Å². The van der Waals surface area contributed by atoms with Crippen LogP contribution in [0.5, 0.6) is 0 Å². The third-order valence-electron chi connectivity index (χ3n) is 2.36. The van der Waals surface area contributed by atoms with Crippen molar-refractivity contribution < 1.29 is 4.92 Å². The van der Waals surface area contributed by atoms with Crippen molar-refractivity contribution in [2.24, 2.45) is 0 Å². The average Bonchev–Trinajstić information content (AvgIpc) is 2.30. The van der Waals surface area contributed by atoms with Gasteiger partial charge in [-0.3, -0.25) is 14.7 Å². The molecule has 17 heavy (non-hydrogen) atoms. The molecule has 0 unspecified atom stereocenters. The van der Waals surface area contributed by atoms with Crippen LogP contribution in [-0.2, 0) is 6.54 Å². The normalized spacial score (nSPS) is 10.4. The van der Waals surface area contributed by atoms with Crippen molar-refractivity contribution in [2.75, 3.05) is 5.75 Å². The first-order valence-corrected chi connectivity index (χ1v) is 6.10. The maximum absolute atomic E-state index is 11.3. The fraction of sp³-hybridized carbons (Fsp3) is 0.600. The molecule has 0 N–H and O–H groups in total. The van der Waals surface area contributed by atoms with Gasteiger partial charge in [0.1, 0.15) is 6.20 Å². The fourth-order valence-corrected chi connectivity index (χ4v) is 1.67. The van der Waals surface area contributed by atoms with Crippen LogP contribution in [0.3, 0.4) is 0 Å². The lowest BCUT2D eigenvalue weighted by molar-refractivity contribution is -0.385. The Labute approximate surface area is 104 Å². The van der Waals surface area contributed by atoms with Crippen molar-refractivity contribution >= 4 is 18.3 Å². The molecule has 0 saturated carbocycles. The number of aromatic nitrogens is 2. The van der Waals surface area contributed by atoms with E-state index in [2.05, 4.69) is 17.6 Å². The first-order chi connectivity index (χ1) is 8.15.